The number of pyridine rings is 1. The van der Waals surface area contributed by atoms with Gasteiger partial charge >= 0.3 is 5.97 Å². The number of hydrogen-bond acceptors (Lipinski definition) is 5. The van der Waals surface area contributed by atoms with Crippen LogP contribution in [0.25, 0.3) is 10.9 Å². The molecule has 0 saturated carbocycles. The van der Waals surface area contributed by atoms with Crippen LogP contribution in [-0.4, -0.2) is 29.6 Å². The second-order valence-electron chi connectivity index (χ2n) is 7.04. The lowest BCUT2D eigenvalue weighted by Crippen LogP contribution is -2.39. The van der Waals surface area contributed by atoms with Crippen molar-refractivity contribution in [3.8, 4) is 5.75 Å². The molecule has 1 aromatic heterocycles. The van der Waals surface area contributed by atoms with Gasteiger partial charge in [-0.05, 0) is 24.6 Å². The van der Waals surface area contributed by atoms with Gasteiger partial charge in [0.05, 0.1) is 24.6 Å². The van der Waals surface area contributed by atoms with Crippen molar-refractivity contribution in [2.75, 3.05) is 6.61 Å². The molecule has 1 aliphatic heterocycles. The Labute approximate surface area is 168 Å². The first-order valence-corrected chi connectivity index (χ1v) is 9.66. The minimum Gasteiger partial charge on any atom is -0.493 e. The Kier molecular flexibility index (Phi) is 5.42. The zero-order valence-electron chi connectivity index (χ0n) is 16.1. The number of carbonyl (C=O) groups excluding carboxylic acids is 2. The predicted octanol–water partition coefficient (Wildman–Crippen LogP) is 3.35. The summed E-state index contributed by atoms with van der Waals surface area (Å²) in [7, 11) is 0. The summed E-state index contributed by atoms with van der Waals surface area (Å²) >= 11 is 0. The van der Waals surface area contributed by atoms with E-state index in [0.29, 0.717) is 13.0 Å². The fourth-order valence-corrected chi connectivity index (χ4v) is 3.54. The molecule has 2 atom stereocenters. The van der Waals surface area contributed by atoms with Crippen molar-refractivity contribution in [2.24, 2.45) is 0 Å². The summed E-state index contributed by atoms with van der Waals surface area (Å²) in [5, 5.41) is 3.93. The van der Waals surface area contributed by atoms with Crippen molar-refractivity contribution in [1.29, 1.82) is 0 Å². The highest BCUT2D eigenvalue weighted by atomic mass is 16.5. The van der Waals surface area contributed by atoms with Crippen LogP contribution in [-0.2, 0) is 20.7 Å². The molecule has 1 amide bonds. The number of benzene rings is 2. The summed E-state index contributed by atoms with van der Waals surface area (Å²) in [5.41, 5.74) is 2.48. The third-order valence-electron chi connectivity index (χ3n) is 5.00. The van der Waals surface area contributed by atoms with Gasteiger partial charge in [-0.3, -0.25) is 14.6 Å². The van der Waals surface area contributed by atoms with E-state index in [-0.39, 0.29) is 18.4 Å². The molecule has 2 heterocycles. The van der Waals surface area contributed by atoms with Crippen LogP contribution in [0, 0.1) is 0 Å². The van der Waals surface area contributed by atoms with E-state index in [1.54, 1.807) is 13.1 Å². The van der Waals surface area contributed by atoms with Gasteiger partial charge in [0.15, 0.2) is 6.10 Å². The van der Waals surface area contributed by atoms with Crippen LogP contribution in [0.1, 0.15) is 30.5 Å². The van der Waals surface area contributed by atoms with Crippen molar-refractivity contribution in [3.05, 3.63) is 71.9 Å². The van der Waals surface area contributed by atoms with Crippen LogP contribution < -0.4 is 10.1 Å². The zero-order valence-corrected chi connectivity index (χ0v) is 16.1. The molecule has 2 unspecified atom stereocenters. The number of hydrogen-bond donors (Lipinski definition) is 1. The summed E-state index contributed by atoms with van der Waals surface area (Å²) in [6.07, 6.45) is 1.54. The molecule has 0 radical (unpaired) electrons. The van der Waals surface area contributed by atoms with E-state index in [1.807, 2.05) is 54.6 Å². The smallest absolute Gasteiger partial charge is 0.311 e. The van der Waals surface area contributed by atoms with Crippen molar-refractivity contribution < 1.29 is 19.1 Å². The molecule has 1 N–H and O–H groups in total. The fourth-order valence-electron chi connectivity index (χ4n) is 3.54. The van der Waals surface area contributed by atoms with Gasteiger partial charge in [0, 0.05) is 23.6 Å². The molecule has 29 heavy (non-hydrogen) atoms. The molecule has 0 spiro atoms. The number of nitrogens with zero attached hydrogens (tertiary/aromatic N) is 1. The van der Waals surface area contributed by atoms with Crippen molar-refractivity contribution in [3.63, 3.8) is 0 Å². The second-order valence-corrected chi connectivity index (χ2v) is 7.04. The molecule has 6 nitrogen and oxygen atoms in total. The van der Waals surface area contributed by atoms with Gasteiger partial charge in [-0.15, -0.1) is 0 Å². The third kappa shape index (κ3) is 4.21. The van der Waals surface area contributed by atoms with Gasteiger partial charge in [0.2, 0.25) is 0 Å². The van der Waals surface area contributed by atoms with Crippen molar-refractivity contribution in [2.45, 2.75) is 31.9 Å². The van der Waals surface area contributed by atoms with E-state index < -0.39 is 12.1 Å². The van der Waals surface area contributed by atoms with E-state index >= 15 is 0 Å². The van der Waals surface area contributed by atoms with E-state index in [4.69, 9.17) is 9.47 Å². The number of fused-ring (bicyclic) bond motifs is 2. The summed E-state index contributed by atoms with van der Waals surface area (Å²) in [5.74, 6) is -0.00793. The van der Waals surface area contributed by atoms with Gasteiger partial charge in [-0.2, -0.15) is 0 Å². The van der Waals surface area contributed by atoms with Crippen LogP contribution in [0.4, 0.5) is 0 Å². The molecule has 0 bridgehead atoms. The Morgan fingerprint density at radius 3 is 2.90 bits per heavy atom. The summed E-state index contributed by atoms with van der Waals surface area (Å²) in [6.45, 7) is 2.12. The predicted molar refractivity (Wildman–Crippen MR) is 108 cm³/mol. The van der Waals surface area contributed by atoms with Crippen LogP contribution in [0.15, 0.2) is 60.8 Å². The second kappa shape index (κ2) is 8.31. The quantitative estimate of drug-likeness (QED) is 0.676. The standard InChI is InChI=1S/C23H22N2O4/c1-15(23(27)25-19-11-13-28-20-10-3-2-9-18(19)20)29-21(26)14-17-7-4-6-16-8-5-12-24-22(16)17/h2-10,12,15,19H,11,13-14H2,1H3,(H,25,27). The Morgan fingerprint density at radius 1 is 1.17 bits per heavy atom. The zero-order chi connectivity index (χ0) is 20.2. The molecule has 148 valence electrons. The molecule has 0 fully saturated rings. The first kappa shape index (κ1) is 18.9. The number of amides is 1. The van der Waals surface area contributed by atoms with Gasteiger partial charge in [-0.1, -0.05) is 42.5 Å². The van der Waals surface area contributed by atoms with Crippen LogP contribution in [0.5, 0.6) is 5.75 Å². The maximum atomic E-state index is 12.6. The number of rotatable bonds is 5. The Hall–Kier alpha value is -3.41. The molecule has 6 heteroatoms. The minimum absolute atomic E-state index is 0.0616. The Balaban J connectivity index is 1.38. The highest BCUT2D eigenvalue weighted by Gasteiger charge is 2.26. The Bertz CT molecular complexity index is 1040. The molecule has 0 aliphatic carbocycles. The monoisotopic (exact) mass is 390 g/mol. The van der Waals surface area contributed by atoms with Gasteiger partial charge < -0.3 is 14.8 Å². The highest BCUT2D eigenvalue weighted by molar-refractivity contribution is 5.87. The molecular weight excluding hydrogens is 368 g/mol. The number of carbonyl (C=O) groups is 2. The van der Waals surface area contributed by atoms with Crippen molar-refractivity contribution in [1.82, 2.24) is 10.3 Å². The number of para-hydroxylation sites is 2. The number of nitrogens with one attached hydrogen (secondary N) is 1. The first-order valence-electron chi connectivity index (χ1n) is 9.66. The molecular formula is C23H22N2O4. The molecule has 2 aromatic carbocycles. The SMILES string of the molecule is CC(OC(=O)Cc1cccc2cccnc12)C(=O)NC1CCOc2ccccc21. The number of ether oxygens (including phenoxy) is 2. The minimum atomic E-state index is -0.888. The topological polar surface area (TPSA) is 77.5 Å². The summed E-state index contributed by atoms with van der Waals surface area (Å²) in [4.78, 5) is 29.3. The Morgan fingerprint density at radius 2 is 2.00 bits per heavy atom. The number of aromatic nitrogens is 1. The van der Waals surface area contributed by atoms with E-state index in [0.717, 1.165) is 27.8 Å². The lowest BCUT2D eigenvalue weighted by molar-refractivity contribution is -0.154. The summed E-state index contributed by atoms with van der Waals surface area (Å²) in [6, 6.07) is 16.9. The normalized spacial score (nSPS) is 16.4. The molecule has 3 aromatic rings. The first-order chi connectivity index (χ1) is 14.1. The van der Waals surface area contributed by atoms with Crippen molar-refractivity contribution >= 4 is 22.8 Å². The van der Waals surface area contributed by atoms with E-state index in [9.17, 15) is 9.59 Å². The molecule has 4 rings (SSSR count). The highest BCUT2D eigenvalue weighted by Crippen LogP contribution is 2.31. The maximum Gasteiger partial charge on any atom is 0.311 e. The fraction of sp³-hybridized carbons (Fsp3) is 0.261. The third-order valence-corrected chi connectivity index (χ3v) is 5.00. The summed E-state index contributed by atoms with van der Waals surface area (Å²) < 4.78 is 11.0. The van der Waals surface area contributed by atoms with Crippen LogP contribution in [0.3, 0.4) is 0 Å². The largest absolute Gasteiger partial charge is 0.493 e. The number of esters is 1. The average Bonchev–Trinajstić information content (AvgIpc) is 2.74. The van der Waals surface area contributed by atoms with E-state index in [2.05, 4.69) is 10.3 Å². The lowest BCUT2D eigenvalue weighted by Gasteiger charge is -2.27. The van der Waals surface area contributed by atoms with E-state index in [1.165, 1.54) is 0 Å². The van der Waals surface area contributed by atoms with Crippen LogP contribution in [0.2, 0.25) is 0 Å². The average molecular weight is 390 g/mol. The van der Waals surface area contributed by atoms with Gasteiger partial charge in [-0.25, -0.2) is 0 Å². The lowest BCUT2D eigenvalue weighted by atomic mass is 10.0. The molecule has 0 saturated heterocycles. The van der Waals surface area contributed by atoms with Gasteiger partial charge in [0.1, 0.15) is 5.75 Å². The molecule has 1 aliphatic rings. The maximum absolute atomic E-state index is 12.6. The van der Waals surface area contributed by atoms with Crippen LogP contribution >= 0.6 is 0 Å². The van der Waals surface area contributed by atoms with Gasteiger partial charge in [0.25, 0.3) is 5.91 Å².